The van der Waals surface area contributed by atoms with Gasteiger partial charge in [0.1, 0.15) is 5.57 Å². The van der Waals surface area contributed by atoms with E-state index in [4.69, 9.17) is 19.0 Å². The summed E-state index contributed by atoms with van der Waals surface area (Å²) >= 11 is 0. The molecule has 0 saturated heterocycles. The molecule has 0 fully saturated rings. The van der Waals surface area contributed by atoms with Gasteiger partial charge in [-0.3, -0.25) is 0 Å². The van der Waals surface area contributed by atoms with Gasteiger partial charge in [-0.15, -0.1) is 0 Å². The van der Waals surface area contributed by atoms with E-state index in [1.807, 2.05) is 6.92 Å². The summed E-state index contributed by atoms with van der Waals surface area (Å²) in [5.74, 6) is -0.769. The van der Waals surface area contributed by atoms with E-state index in [-0.39, 0.29) is 17.1 Å². The highest BCUT2D eigenvalue weighted by molar-refractivity contribution is 6.21. The first-order chi connectivity index (χ1) is 14.0. The van der Waals surface area contributed by atoms with Crippen LogP contribution in [0.3, 0.4) is 0 Å². The fourth-order valence-electron chi connectivity index (χ4n) is 2.38. The molecule has 0 amide bonds. The van der Waals surface area contributed by atoms with Crippen molar-refractivity contribution < 1.29 is 28.6 Å². The van der Waals surface area contributed by atoms with Crippen LogP contribution < -0.4 is 4.74 Å². The number of methoxy groups -OCH3 is 2. The van der Waals surface area contributed by atoms with Crippen LogP contribution in [-0.2, 0) is 23.9 Å². The van der Waals surface area contributed by atoms with Crippen LogP contribution >= 0.6 is 0 Å². The molecule has 0 atom stereocenters. The molecular weight excluding hydrogens is 378 g/mol. The van der Waals surface area contributed by atoms with Crippen molar-refractivity contribution >= 4 is 23.2 Å². The quantitative estimate of drug-likeness (QED) is 0.166. The SMILES string of the molecule is CCOc1ccnc(C(=NOC(C)=O)c2ccccc2C(=COC)C(=O)OC)n1. The zero-order valence-corrected chi connectivity index (χ0v) is 16.5. The molecule has 1 heterocycles. The number of benzene rings is 1. The summed E-state index contributed by atoms with van der Waals surface area (Å²) < 4.78 is 15.3. The third-order valence-electron chi connectivity index (χ3n) is 3.51. The molecule has 0 unspecified atom stereocenters. The Morgan fingerprint density at radius 2 is 1.86 bits per heavy atom. The zero-order valence-electron chi connectivity index (χ0n) is 16.5. The smallest absolute Gasteiger partial charge is 0.341 e. The van der Waals surface area contributed by atoms with Gasteiger partial charge in [-0.05, 0) is 6.92 Å². The highest BCUT2D eigenvalue weighted by Gasteiger charge is 2.22. The van der Waals surface area contributed by atoms with Gasteiger partial charge < -0.3 is 19.0 Å². The van der Waals surface area contributed by atoms with E-state index in [0.29, 0.717) is 23.6 Å². The van der Waals surface area contributed by atoms with Gasteiger partial charge in [0.25, 0.3) is 0 Å². The van der Waals surface area contributed by atoms with Gasteiger partial charge in [-0.25, -0.2) is 14.6 Å². The van der Waals surface area contributed by atoms with Crippen LogP contribution in [0.25, 0.3) is 5.57 Å². The summed E-state index contributed by atoms with van der Waals surface area (Å²) in [6, 6.07) is 8.41. The summed E-state index contributed by atoms with van der Waals surface area (Å²) in [4.78, 5) is 37.0. The minimum absolute atomic E-state index is 0.128. The number of hydrogen-bond acceptors (Lipinski definition) is 9. The number of hydrogen-bond donors (Lipinski definition) is 0. The second-order valence-corrected chi connectivity index (χ2v) is 5.48. The second kappa shape index (κ2) is 10.5. The van der Waals surface area contributed by atoms with Crippen molar-refractivity contribution in [3.63, 3.8) is 0 Å². The van der Waals surface area contributed by atoms with Crippen molar-refractivity contribution in [2.45, 2.75) is 13.8 Å². The zero-order chi connectivity index (χ0) is 21.2. The molecule has 0 aliphatic carbocycles. The molecule has 2 aromatic rings. The molecule has 29 heavy (non-hydrogen) atoms. The van der Waals surface area contributed by atoms with Gasteiger partial charge in [-0.2, -0.15) is 4.98 Å². The number of esters is 1. The van der Waals surface area contributed by atoms with Crippen LogP contribution in [0.5, 0.6) is 5.88 Å². The summed E-state index contributed by atoms with van der Waals surface area (Å²) in [7, 11) is 2.67. The minimum Gasteiger partial charge on any atom is -0.503 e. The van der Waals surface area contributed by atoms with Crippen molar-refractivity contribution in [1.82, 2.24) is 9.97 Å². The van der Waals surface area contributed by atoms with E-state index in [1.54, 1.807) is 30.3 Å². The lowest BCUT2D eigenvalue weighted by molar-refractivity contribution is -0.141. The number of rotatable bonds is 8. The van der Waals surface area contributed by atoms with Crippen LogP contribution in [0.15, 0.2) is 47.9 Å². The third-order valence-corrected chi connectivity index (χ3v) is 3.51. The van der Waals surface area contributed by atoms with Crippen molar-refractivity contribution in [2.24, 2.45) is 5.16 Å². The maximum absolute atomic E-state index is 12.3. The lowest BCUT2D eigenvalue weighted by Crippen LogP contribution is -2.15. The Bertz CT molecular complexity index is 939. The van der Waals surface area contributed by atoms with E-state index in [1.165, 1.54) is 33.6 Å². The molecule has 0 aliphatic rings. The van der Waals surface area contributed by atoms with Crippen LogP contribution in [0.1, 0.15) is 30.8 Å². The maximum Gasteiger partial charge on any atom is 0.341 e. The highest BCUT2D eigenvalue weighted by Crippen LogP contribution is 2.24. The number of ether oxygens (including phenoxy) is 3. The van der Waals surface area contributed by atoms with Gasteiger partial charge >= 0.3 is 11.9 Å². The number of oxime groups is 1. The topological polar surface area (TPSA) is 109 Å². The van der Waals surface area contributed by atoms with Crippen molar-refractivity contribution in [2.75, 3.05) is 20.8 Å². The van der Waals surface area contributed by atoms with Gasteiger partial charge in [0.15, 0.2) is 11.5 Å². The summed E-state index contributed by atoms with van der Waals surface area (Å²) in [6.45, 7) is 3.45. The molecule has 9 heteroatoms. The monoisotopic (exact) mass is 399 g/mol. The molecule has 0 N–H and O–H groups in total. The number of carbonyl (C=O) groups excluding carboxylic acids is 2. The van der Waals surface area contributed by atoms with Gasteiger partial charge in [0, 0.05) is 30.3 Å². The van der Waals surface area contributed by atoms with Crippen LogP contribution in [0, 0.1) is 0 Å². The molecule has 9 nitrogen and oxygen atoms in total. The molecular formula is C20H21N3O6. The number of carbonyl (C=O) groups is 2. The van der Waals surface area contributed by atoms with E-state index in [0.717, 1.165) is 0 Å². The predicted octanol–water partition coefficient (Wildman–Crippen LogP) is 2.35. The lowest BCUT2D eigenvalue weighted by atomic mass is 9.96. The normalized spacial score (nSPS) is 11.6. The Kier molecular flexibility index (Phi) is 7.84. The Labute approximate surface area is 168 Å². The predicted molar refractivity (Wildman–Crippen MR) is 104 cm³/mol. The van der Waals surface area contributed by atoms with E-state index < -0.39 is 11.9 Å². The van der Waals surface area contributed by atoms with Gasteiger partial charge in [-0.1, -0.05) is 29.4 Å². The molecule has 0 aliphatic heterocycles. The van der Waals surface area contributed by atoms with Crippen LogP contribution in [0.2, 0.25) is 0 Å². The van der Waals surface area contributed by atoms with Gasteiger partial charge in [0.05, 0.1) is 27.1 Å². The minimum atomic E-state index is -0.624. The van der Waals surface area contributed by atoms with Crippen molar-refractivity contribution in [3.05, 3.63) is 59.7 Å². The highest BCUT2D eigenvalue weighted by atomic mass is 16.7. The maximum atomic E-state index is 12.3. The molecule has 0 bridgehead atoms. The average Bonchev–Trinajstić information content (AvgIpc) is 2.72. The average molecular weight is 399 g/mol. The van der Waals surface area contributed by atoms with Crippen LogP contribution in [0.4, 0.5) is 0 Å². The first-order valence-corrected chi connectivity index (χ1v) is 8.64. The third kappa shape index (κ3) is 5.61. The van der Waals surface area contributed by atoms with Crippen molar-refractivity contribution in [1.29, 1.82) is 0 Å². The van der Waals surface area contributed by atoms with Gasteiger partial charge in [0.2, 0.25) is 5.88 Å². The van der Waals surface area contributed by atoms with Crippen LogP contribution in [-0.4, -0.2) is 48.4 Å². The van der Waals surface area contributed by atoms with E-state index >= 15 is 0 Å². The first-order valence-electron chi connectivity index (χ1n) is 8.64. The Morgan fingerprint density at radius 1 is 1.14 bits per heavy atom. The summed E-state index contributed by atoms with van der Waals surface area (Å²) in [5.41, 5.74) is 1.12. The summed E-state index contributed by atoms with van der Waals surface area (Å²) in [6.07, 6.45) is 2.75. The largest absolute Gasteiger partial charge is 0.503 e. The molecule has 2 rings (SSSR count). The molecule has 0 spiro atoms. The standard InChI is InChI=1S/C20H21N3O6/c1-5-28-17-10-11-21-19(22-17)18(23-29-13(2)24)15-9-7-6-8-14(15)16(12-26-3)20(25)27-4/h6-12H,5H2,1-4H3. The number of aromatic nitrogens is 2. The second-order valence-electron chi connectivity index (χ2n) is 5.48. The van der Waals surface area contributed by atoms with E-state index in [9.17, 15) is 9.59 Å². The summed E-state index contributed by atoms with van der Waals surface area (Å²) in [5, 5.41) is 3.92. The lowest BCUT2D eigenvalue weighted by Gasteiger charge is -2.13. The van der Waals surface area contributed by atoms with E-state index in [2.05, 4.69) is 15.1 Å². The Balaban J connectivity index is 2.69. The van der Waals surface area contributed by atoms with Crippen molar-refractivity contribution in [3.8, 4) is 5.88 Å². The molecule has 1 aromatic heterocycles. The molecule has 0 radical (unpaired) electrons. The molecule has 0 saturated carbocycles. The Hall–Kier alpha value is -3.75. The molecule has 1 aromatic carbocycles. The number of nitrogens with zero attached hydrogens (tertiary/aromatic N) is 3. The first kappa shape index (κ1) is 21.5. The Morgan fingerprint density at radius 3 is 2.48 bits per heavy atom. The fourth-order valence-corrected chi connectivity index (χ4v) is 2.38. The fraction of sp³-hybridized carbons (Fsp3) is 0.250. The molecule has 152 valence electrons.